The molecule has 150 valence electrons. The zero-order valence-electron chi connectivity index (χ0n) is 15.9. The van der Waals surface area contributed by atoms with Gasteiger partial charge in [0.25, 0.3) is 0 Å². The number of hydrogen-bond acceptors (Lipinski definition) is 4. The van der Waals surface area contributed by atoms with Crippen molar-refractivity contribution in [2.24, 2.45) is 0 Å². The number of hydrogen-bond donors (Lipinski definition) is 0. The Morgan fingerprint density at radius 1 is 0.897 bits per heavy atom. The summed E-state index contributed by atoms with van der Waals surface area (Å²) in [4.78, 5) is 12.9. The Hall–Kier alpha value is -2.48. The number of nitrogens with zero attached hydrogens (tertiary/aromatic N) is 1. The van der Waals surface area contributed by atoms with E-state index in [4.69, 9.17) is 4.74 Å². The highest BCUT2D eigenvalue weighted by molar-refractivity contribution is 9.10. The van der Waals surface area contributed by atoms with Crippen LogP contribution >= 0.6 is 15.9 Å². The van der Waals surface area contributed by atoms with Crippen LogP contribution in [0.1, 0.15) is 27.6 Å². The van der Waals surface area contributed by atoms with E-state index < -0.39 is 22.1 Å². The second-order valence-electron chi connectivity index (χ2n) is 6.54. The molecular formula is C22H20BrNO4S. The summed E-state index contributed by atoms with van der Waals surface area (Å²) in [6.45, 7) is 0. The molecule has 0 aliphatic rings. The Morgan fingerprint density at radius 3 is 1.90 bits per heavy atom. The fourth-order valence-corrected chi connectivity index (χ4v) is 4.63. The predicted octanol–water partition coefficient (Wildman–Crippen LogP) is 4.65. The van der Waals surface area contributed by atoms with Crippen LogP contribution in [0, 0.1) is 0 Å². The van der Waals surface area contributed by atoms with E-state index in [1.54, 1.807) is 0 Å². The summed E-state index contributed by atoms with van der Waals surface area (Å²) in [7, 11) is -0.841. The maximum atomic E-state index is 12.9. The molecule has 0 saturated carbocycles. The molecule has 0 saturated heterocycles. The third-order valence-electron chi connectivity index (χ3n) is 4.36. The van der Waals surface area contributed by atoms with Gasteiger partial charge in [0.2, 0.25) is 10.0 Å². The number of halogens is 1. The van der Waals surface area contributed by atoms with Crippen LogP contribution in [0.5, 0.6) is 0 Å². The minimum Gasteiger partial charge on any atom is -0.449 e. The van der Waals surface area contributed by atoms with Crippen molar-refractivity contribution < 1.29 is 17.9 Å². The van der Waals surface area contributed by atoms with Gasteiger partial charge in [-0.15, -0.1) is 0 Å². The Kier molecular flexibility index (Phi) is 6.52. The zero-order chi connectivity index (χ0) is 21.0. The van der Waals surface area contributed by atoms with E-state index in [2.05, 4.69) is 15.9 Å². The van der Waals surface area contributed by atoms with E-state index in [9.17, 15) is 13.2 Å². The first kappa shape index (κ1) is 21.2. The highest BCUT2D eigenvalue weighted by Crippen LogP contribution is 2.29. The molecule has 3 aromatic carbocycles. The summed E-state index contributed by atoms with van der Waals surface area (Å²) in [6.07, 6.45) is -0.609. The molecule has 0 atom stereocenters. The Balaban J connectivity index is 1.97. The molecule has 3 rings (SSSR count). The van der Waals surface area contributed by atoms with Gasteiger partial charge in [-0.1, -0.05) is 60.7 Å². The monoisotopic (exact) mass is 473 g/mol. The predicted molar refractivity (Wildman–Crippen MR) is 115 cm³/mol. The molecule has 29 heavy (non-hydrogen) atoms. The Morgan fingerprint density at radius 2 is 1.41 bits per heavy atom. The SMILES string of the molecule is CN(C)S(=O)(=O)c1cc(C(=O)OC(c2ccccc2)c2ccccc2)ccc1Br. The molecule has 0 fully saturated rings. The standard InChI is InChI=1S/C22H20BrNO4S/c1-24(2)29(26,27)20-15-18(13-14-19(20)23)22(25)28-21(16-9-5-3-6-10-16)17-11-7-4-8-12-17/h3-15,21H,1-2H3. The summed E-state index contributed by atoms with van der Waals surface area (Å²) in [5.41, 5.74) is 1.81. The van der Waals surface area contributed by atoms with Crippen molar-refractivity contribution in [2.75, 3.05) is 14.1 Å². The quantitative estimate of drug-likeness (QED) is 0.488. The third kappa shape index (κ3) is 4.75. The topological polar surface area (TPSA) is 63.7 Å². The lowest BCUT2D eigenvalue weighted by molar-refractivity contribution is 0.0377. The summed E-state index contributed by atoms with van der Waals surface area (Å²) in [5.74, 6) is -0.606. The summed E-state index contributed by atoms with van der Waals surface area (Å²) < 4.78 is 32.4. The molecule has 5 nitrogen and oxygen atoms in total. The van der Waals surface area contributed by atoms with Gasteiger partial charge in [-0.3, -0.25) is 0 Å². The smallest absolute Gasteiger partial charge is 0.339 e. The second kappa shape index (κ2) is 8.90. The lowest BCUT2D eigenvalue weighted by atomic mass is 10.0. The fraction of sp³-hybridized carbons (Fsp3) is 0.136. The fourth-order valence-electron chi connectivity index (χ4n) is 2.78. The van der Waals surface area contributed by atoms with E-state index in [1.165, 1.54) is 32.3 Å². The normalized spacial score (nSPS) is 11.6. The highest BCUT2D eigenvalue weighted by atomic mass is 79.9. The van der Waals surface area contributed by atoms with Gasteiger partial charge in [0.1, 0.15) is 0 Å². The molecule has 0 aromatic heterocycles. The molecule has 0 heterocycles. The van der Waals surface area contributed by atoms with Gasteiger partial charge in [0, 0.05) is 18.6 Å². The van der Waals surface area contributed by atoms with Crippen molar-refractivity contribution in [3.05, 3.63) is 100 Å². The van der Waals surface area contributed by atoms with Crippen LogP contribution in [-0.2, 0) is 14.8 Å². The summed E-state index contributed by atoms with van der Waals surface area (Å²) >= 11 is 3.25. The molecule has 3 aromatic rings. The first-order valence-electron chi connectivity index (χ1n) is 8.83. The van der Waals surface area contributed by atoms with E-state index >= 15 is 0 Å². The van der Waals surface area contributed by atoms with Crippen molar-refractivity contribution in [3.8, 4) is 0 Å². The molecule has 0 spiro atoms. The largest absolute Gasteiger partial charge is 0.449 e. The molecule has 0 radical (unpaired) electrons. The van der Waals surface area contributed by atoms with Gasteiger partial charge in [0.05, 0.1) is 10.5 Å². The third-order valence-corrected chi connectivity index (χ3v) is 7.16. The number of carbonyl (C=O) groups is 1. The lowest BCUT2D eigenvalue weighted by Crippen LogP contribution is -2.23. The van der Waals surface area contributed by atoms with Crippen LogP contribution in [0.15, 0.2) is 88.2 Å². The maximum absolute atomic E-state index is 12.9. The van der Waals surface area contributed by atoms with Gasteiger partial charge < -0.3 is 4.74 Å². The van der Waals surface area contributed by atoms with Crippen LogP contribution in [-0.4, -0.2) is 32.8 Å². The van der Waals surface area contributed by atoms with Crippen molar-refractivity contribution in [3.63, 3.8) is 0 Å². The van der Waals surface area contributed by atoms with E-state index in [1.807, 2.05) is 60.7 Å². The summed E-state index contributed by atoms with van der Waals surface area (Å²) in [6, 6.07) is 23.2. The van der Waals surface area contributed by atoms with Gasteiger partial charge in [0.15, 0.2) is 6.10 Å². The molecule has 0 aliphatic heterocycles. The molecule has 0 amide bonds. The number of benzene rings is 3. The lowest BCUT2D eigenvalue weighted by Gasteiger charge is -2.19. The molecule has 0 N–H and O–H groups in total. The molecule has 0 bridgehead atoms. The van der Waals surface area contributed by atoms with Crippen LogP contribution in [0.3, 0.4) is 0 Å². The molecule has 7 heteroatoms. The van der Waals surface area contributed by atoms with E-state index in [0.29, 0.717) is 4.47 Å². The minimum atomic E-state index is -3.72. The summed E-state index contributed by atoms with van der Waals surface area (Å²) in [5, 5.41) is 0. The van der Waals surface area contributed by atoms with Crippen molar-refractivity contribution in [2.45, 2.75) is 11.0 Å². The Bertz CT molecular complexity index is 1060. The zero-order valence-corrected chi connectivity index (χ0v) is 18.4. The number of esters is 1. The van der Waals surface area contributed by atoms with E-state index in [-0.39, 0.29) is 10.5 Å². The molecular weight excluding hydrogens is 454 g/mol. The molecule has 0 aliphatic carbocycles. The van der Waals surface area contributed by atoms with Crippen molar-refractivity contribution >= 4 is 31.9 Å². The van der Waals surface area contributed by atoms with Gasteiger partial charge in [-0.25, -0.2) is 17.5 Å². The van der Waals surface area contributed by atoms with Crippen LogP contribution in [0.2, 0.25) is 0 Å². The number of rotatable bonds is 6. The number of sulfonamides is 1. The first-order valence-corrected chi connectivity index (χ1v) is 11.1. The van der Waals surface area contributed by atoms with Gasteiger partial charge >= 0.3 is 5.97 Å². The minimum absolute atomic E-state index is 0.00734. The maximum Gasteiger partial charge on any atom is 0.339 e. The van der Waals surface area contributed by atoms with Crippen LogP contribution in [0.4, 0.5) is 0 Å². The number of ether oxygens (including phenoxy) is 1. The van der Waals surface area contributed by atoms with Gasteiger partial charge in [-0.05, 0) is 45.3 Å². The average molecular weight is 474 g/mol. The van der Waals surface area contributed by atoms with E-state index in [0.717, 1.165) is 15.4 Å². The average Bonchev–Trinajstić information content (AvgIpc) is 2.73. The van der Waals surface area contributed by atoms with Crippen molar-refractivity contribution in [1.29, 1.82) is 0 Å². The first-order chi connectivity index (χ1) is 13.8. The second-order valence-corrected chi connectivity index (χ2v) is 9.51. The van der Waals surface area contributed by atoms with Crippen LogP contribution in [0.25, 0.3) is 0 Å². The van der Waals surface area contributed by atoms with Crippen molar-refractivity contribution in [1.82, 2.24) is 4.31 Å². The van der Waals surface area contributed by atoms with Crippen LogP contribution < -0.4 is 0 Å². The van der Waals surface area contributed by atoms with Gasteiger partial charge in [-0.2, -0.15) is 0 Å². The highest BCUT2D eigenvalue weighted by Gasteiger charge is 2.24. The number of carbonyl (C=O) groups excluding carboxylic acids is 1. The molecule has 0 unspecified atom stereocenters. The Labute approximate surface area is 179 Å².